The quantitative estimate of drug-likeness (QED) is 0.795. The van der Waals surface area contributed by atoms with Crippen molar-refractivity contribution in [3.8, 4) is 0 Å². The Bertz CT molecular complexity index is 423. The van der Waals surface area contributed by atoms with E-state index in [2.05, 4.69) is 20.3 Å². The third-order valence-electron chi connectivity index (χ3n) is 2.22. The molecule has 0 saturated carbocycles. The lowest BCUT2D eigenvalue weighted by atomic mass is 10.4. The van der Waals surface area contributed by atoms with Gasteiger partial charge in [-0.3, -0.25) is 0 Å². The number of aromatic amines is 1. The molecule has 0 saturated heterocycles. The number of hydrogen-bond acceptors (Lipinski definition) is 4. The summed E-state index contributed by atoms with van der Waals surface area (Å²) in [5, 5.41) is 2.98. The fourth-order valence-electron chi connectivity index (χ4n) is 1.32. The Labute approximate surface area is 88.2 Å². The van der Waals surface area contributed by atoms with E-state index in [4.69, 9.17) is 0 Å². The average molecular weight is 203 g/mol. The maximum Gasteiger partial charge on any atom is 0.138 e. The summed E-state index contributed by atoms with van der Waals surface area (Å²) in [4.78, 5) is 13.3. The van der Waals surface area contributed by atoms with Gasteiger partial charge in [-0.15, -0.1) is 0 Å². The van der Waals surface area contributed by atoms with Crippen LogP contribution >= 0.6 is 0 Å². The van der Waals surface area contributed by atoms with E-state index >= 15 is 0 Å². The molecule has 2 N–H and O–H groups in total. The lowest BCUT2D eigenvalue weighted by molar-refractivity contribution is 1.08. The van der Waals surface area contributed by atoms with E-state index < -0.39 is 0 Å². The molecule has 5 heteroatoms. The molecule has 2 aromatic rings. The first-order chi connectivity index (χ1) is 7.31. The molecule has 2 heterocycles. The van der Waals surface area contributed by atoms with E-state index in [9.17, 15) is 0 Å². The number of anilines is 3. The summed E-state index contributed by atoms with van der Waals surface area (Å²) >= 11 is 0. The Morgan fingerprint density at radius 2 is 2.27 bits per heavy atom. The van der Waals surface area contributed by atoms with Crippen molar-refractivity contribution in [1.29, 1.82) is 0 Å². The van der Waals surface area contributed by atoms with Gasteiger partial charge in [0.25, 0.3) is 0 Å². The molecule has 0 radical (unpaired) electrons. The van der Waals surface area contributed by atoms with Gasteiger partial charge in [-0.25, -0.2) is 9.97 Å². The average Bonchev–Trinajstić information content (AvgIpc) is 2.81. The molecule has 2 aromatic heterocycles. The molecule has 0 aliphatic rings. The fraction of sp³-hybridized carbons (Fsp3) is 0.200. The van der Waals surface area contributed by atoms with Crippen LogP contribution < -0.4 is 10.2 Å². The van der Waals surface area contributed by atoms with Crippen LogP contribution in [0.3, 0.4) is 0 Å². The van der Waals surface area contributed by atoms with Gasteiger partial charge < -0.3 is 15.2 Å². The molecule has 0 fully saturated rings. The van der Waals surface area contributed by atoms with Crippen molar-refractivity contribution in [3.63, 3.8) is 0 Å². The lowest BCUT2D eigenvalue weighted by Crippen LogP contribution is -2.11. The monoisotopic (exact) mass is 203 g/mol. The van der Waals surface area contributed by atoms with Gasteiger partial charge in [0.15, 0.2) is 0 Å². The number of nitrogens with zero attached hydrogens (tertiary/aromatic N) is 3. The first-order valence-corrected chi connectivity index (χ1v) is 4.67. The normalized spacial score (nSPS) is 10.0. The van der Waals surface area contributed by atoms with Gasteiger partial charge in [0.05, 0.1) is 5.69 Å². The van der Waals surface area contributed by atoms with Crippen molar-refractivity contribution in [3.05, 3.63) is 30.9 Å². The predicted molar refractivity (Wildman–Crippen MR) is 60.4 cm³/mol. The van der Waals surface area contributed by atoms with Gasteiger partial charge in [-0.1, -0.05) is 0 Å². The molecule has 0 spiro atoms. The highest BCUT2D eigenvalue weighted by atomic mass is 15.2. The highest BCUT2D eigenvalue weighted by Gasteiger charge is 2.05. The Morgan fingerprint density at radius 1 is 1.40 bits per heavy atom. The van der Waals surface area contributed by atoms with Crippen molar-refractivity contribution in [2.45, 2.75) is 0 Å². The van der Waals surface area contributed by atoms with Crippen LogP contribution in [0, 0.1) is 0 Å². The van der Waals surface area contributed by atoms with Crippen molar-refractivity contribution >= 4 is 17.3 Å². The molecule has 0 unspecified atom stereocenters. The summed E-state index contributed by atoms with van der Waals surface area (Å²) in [7, 11) is 3.80. The highest BCUT2D eigenvalue weighted by molar-refractivity contribution is 5.60. The second-order valence-corrected chi connectivity index (χ2v) is 3.14. The minimum atomic E-state index is 0.808. The molecule has 15 heavy (non-hydrogen) atoms. The molecule has 0 bridgehead atoms. The van der Waals surface area contributed by atoms with Gasteiger partial charge in [0, 0.05) is 32.6 Å². The molecule has 5 nitrogen and oxygen atoms in total. The Kier molecular flexibility index (Phi) is 2.53. The number of aromatic nitrogens is 3. The van der Waals surface area contributed by atoms with Crippen molar-refractivity contribution in [1.82, 2.24) is 15.0 Å². The van der Waals surface area contributed by atoms with Gasteiger partial charge in [0.1, 0.15) is 18.0 Å². The second kappa shape index (κ2) is 4.00. The largest absolute Gasteiger partial charge is 0.373 e. The standard InChI is InChI=1S/C10H13N5/c1-11-9-5-10(14-7-13-9)15(2)8-3-4-12-6-8/h3-7,12H,1-2H3,(H,11,13,14). The zero-order valence-electron chi connectivity index (χ0n) is 8.73. The van der Waals surface area contributed by atoms with Crippen LogP contribution in [0.15, 0.2) is 30.9 Å². The molecule has 0 aromatic carbocycles. The molecule has 0 aliphatic carbocycles. The van der Waals surface area contributed by atoms with E-state index in [1.54, 1.807) is 6.33 Å². The van der Waals surface area contributed by atoms with E-state index in [-0.39, 0.29) is 0 Å². The van der Waals surface area contributed by atoms with Crippen molar-refractivity contribution in [2.24, 2.45) is 0 Å². The predicted octanol–water partition coefficient (Wildman–Crippen LogP) is 1.61. The summed E-state index contributed by atoms with van der Waals surface area (Å²) in [6, 6.07) is 3.88. The Morgan fingerprint density at radius 3 is 2.93 bits per heavy atom. The number of H-pyrrole nitrogens is 1. The SMILES string of the molecule is CNc1cc(N(C)c2cc[nH]c2)ncn1. The van der Waals surface area contributed by atoms with E-state index in [0.717, 1.165) is 17.3 Å². The summed E-state index contributed by atoms with van der Waals surface area (Å²) in [6.45, 7) is 0. The van der Waals surface area contributed by atoms with Crippen LogP contribution in [0.5, 0.6) is 0 Å². The summed E-state index contributed by atoms with van der Waals surface area (Å²) in [5.41, 5.74) is 1.07. The van der Waals surface area contributed by atoms with E-state index in [0.29, 0.717) is 0 Å². The van der Waals surface area contributed by atoms with Crippen molar-refractivity contribution in [2.75, 3.05) is 24.3 Å². The maximum atomic E-state index is 4.20. The smallest absolute Gasteiger partial charge is 0.138 e. The first kappa shape index (κ1) is 9.51. The topological polar surface area (TPSA) is 56.8 Å². The maximum absolute atomic E-state index is 4.20. The number of nitrogens with one attached hydrogen (secondary N) is 2. The minimum Gasteiger partial charge on any atom is -0.373 e. The Hall–Kier alpha value is -2.04. The Balaban J connectivity index is 2.29. The van der Waals surface area contributed by atoms with Gasteiger partial charge in [-0.05, 0) is 6.07 Å². The molecular weight excluding hydrogens is 190 g/mol. The van der Waals surface area contributed by atoms with Gasteiger partial charge >= 0.3 is 0 Å². The summed E-state index contributed by atoms with van der Waals surface area (Å²) in [5.74, 6) is 1.66. The van der Waals surface area contributed by atoms with Crippen LogP contribution in [0.25, 0.3) is 0 Å². The van der Waals surface area contributed by atoms with Crippen LogP contribution in [-0.2, 0) is 0 Å². The van der Waals surface area contributed by atoms with Crippen LogP contribution in [0.2, 0.25) is 0 Å². The zero-order chi connectivity index (χ0) is 10.7. The fourth-order valence-corrected chi connectivity index (χ4v) is 1.32. The summed E-state index contributed by atoms with van der Waals surface area (Å²) in [6.07, 6.45) is 5.34. The van der Waals surface area contributed by atoms with Gasteiger partial charge in [-0.2, -0.15) is 0 Å². The second-order valence-electron chi connectivity index (χ2n) is 3.14. The van der Waals surface area contributed by atoms with Crippen LogP contribution in [0.1, 0.15) is 0 Å². The third kappa shape index (κ3) is 1.90. The van der Waals surface area contributed by atoms with Crippen LogP contribution in [0.4, 0.5) is 17.3 Å². The highest BCUT2D eigenvalue weighted by Crippen LogP contribution is 2.21. The summed E-state index contributed by atoms with van der Waals surface area (Å²) < 4.78 is 0. The van der Waals surface area contributed by atoms with Gasteiger partial charge in [0.2, 0.25) is 0 Å². The van der Waals surface area contributed by atoms with Crippen LogP contribution in [-0.4, -0.2) is 29.0 Å². The number of hydrogen-bond donors (Lipinski definition) is 2. The molecule has 0 aliphatic heterocycles. The zero-order valence-corrected chi connectivity index (χ0v) is 8.73. The molecule has 0 amide bonds. The molecule has 2 rings (SSSR count). The first-order valence-electron chi connectivity index (χ1n) is 4.67. The minimum absolute atomic E-state index is 0.808. The third-order valence-corrected chi connectivity index (χ3v) is 2.22. The number of rotatable bonds is 3. The van der Waals surface area contributed by atoms with E-state index in [1.807, 2.05) is 43.5 Å². The van der Waals surface area contributed by atoms with E-state index in [1.165, 1.54) is 0 Å². The lowest BCUT2D eigenvalue weighted by Gasteiger charge is -2.16. The molecule has 78 valence electrons. The van der Waals surface area contributed by atoms with Crippen molar-refractivity contribution < 1.29 is 0 Å². The molecular formula is C10H13N5. The molecule has 0 atom stereocenters.